The van der Waals surface area contributed by atoms with Gasteiger partial charge in [-0.15, -0.1) is 18.3 Å². The van der Waals surface area contributed by atoms with Crippen molar-refractivity contribution >= 4 is 11.8 Å². The summed E-state index contributed by atoms with van der Waals surface area (Å²) in [5, 5.41) is 9.81. The molecule has 0 atom stereocenters. The first-order valence-corrected chi connectivity index (χ1v) is 12.3. The number of thioether (sulfide) groups is 1. The molecule has 0 radical (unpaired) electrons. The van der Waals surface area contributed by atoms with Crippen molar-refractivity contribution in [2.75, 3.05) is 5.75 Å². The molecule has 0 spiro atoms. The molecule has 0 aliphatic rings. The van der Waals surface area contributed by atoms with E-state index < -0.39 is 0 Å². The van der Waals surface area contributed by atoms with Crippen molar-refractivity contribution in [2.45, 2.75) is 108 Å². The summed E-state index contributed by atoms with van der Waals surface area (Å²) in [5.74, 6) is 1.56. The van der Waals surface area contributed by atoms with Crippen molar-refractivity contribution in [1.82, 2.24) is 0 Å². The molecule has 1 rings (SSSR count). The third-order valence-electron chi connectivity index (χ3n) is 5.18. The molecule has 2 heteroatoms. The van der Waals surface area contributed by atoms with Crippen molar-refractivity contribution in [3.8, 4) is 5.75 Å². The number of aromatic hydroxyl groups is 1. The van der Waals surface area contributed by atoms with Crippen LogP contribution in [-0.4, -0.2) is 10.9 Å². The van der Waals surface area contributed by atoms with Crippen LogP contribution in [0.4, 0.5) is 0 Å². The first-order chi connectivity index (χ1) is 13.3. The predicted molar refractivity (Wildman–Crippen MR) is 123 cm³/mol. The quantitative estimate of drug-likeness (QED) is 0.154. The predicted octanol–water partition coefficient (Wildman–Crippen LogP) is 8.69. The van der Waals surface area contributed by atoms with Crippen LogP contribution in [0.2, 0.25) is 0 Å². The van der Waals surface area contributed by atoms with Crippen LogP contribution in [0.3, 0.4) is 0 Å². The molecule has 0 amide bonds. The maximum atomic E-state index is 9.81. The molecule has 0 aliphatic carbocycles. The van der Waals surface area contributed by atoms with Crippen LogP contribution in [0.25, 0.3) is 0 Å². The van der Waals surface area contributed by atoms with Crippen LogP contribution in [-0.2, 0) is 6.42 Å². The maximum Gasteiger partial charge on any atom is 0.119 e. The van der Waals surface area contributed by atoms with Gasteiger partial charge in [-0.2, -0.15) is 0 Å². The second-order valence-corrected chi connectivity index (χ2v) is 8.90. The van der Waals surface area contributed by atoms with Gasteiger partial charge in [0, 0.05) is 4.90 Å². The van der Waals surface area contributed by atoms with E-state index in [1.165, 1.54) is 101 Å². The number of hydrogen-bond acceptors (Lipinski definition) is 2. The molecule has 0 aliphatic heterocycles. The van der Waals surface area contributed by atoms with Gasteiger partial charge < -0.3 is 5.11 Å². The molecule has 27 heavy (non-hydrogen) atoms. The monoisotopic (exact) mass is 390 g/mol. The van der Waals surface area contributed by atoms with E-state index in [1.807, 2.05) is 30.0 Å². The molecule has 1 nitrogen and oxygen atoms in total. The molecule has 154 valence electrons. The minimum Gasteiger partial charge on any atom is -0.508 e. The van der Waals surface area contributed by atoms with E-state index in [2.05, 4.69) is 19.6 Å². The third kappa shape index (κ3) is 13.0. The fraction of sp³-hybridized carbons (Fsp3) is 0.680. The van der Waals surface area contributed by atoms with E-state index in [4.69, 9.17) is 0 Å². The Balaban J connectivity index is 1.89. The molecule has 1 aromatic rings. The first-order valence-electron chi connectivity index (χ1n) is 11.3. The maximum absolute atomic E-state index is 9.81. The van der Waals surface area contributed by atoms with Crippen molar-refractivity contribution < 1.29 is 5.11 Å². The topological polar surface area (TPSA) is 20.2 Å². The number of allylic oxidation sites excluding steroid dienone is 1. The Bertz CT molecular complexity index is 483. The zero-order valence-corrected chi connectivity index (χ0v) is 18.5. The lowest BCUT2D eigenvalue weighted by atomic mass is 10.0. The molecule has 0 aromatic heterocycles. The van der Waals surface area contributed by atoms with Crippen LogP contribution >= 0.6 is 11.8 Å². The third-order valence-corrected chi connectivity index (χ3v) is 6.26. The summed E-state index contributed by atoms with van der Waals surface area (Å²) in [5.41, 5.74) is 0.982. The van der Waals surface area contributed by atoms with E-state index in [9.17, 15) is 5.11 Å². The Morgan fingerprint density at radius 1 is 0.815 bits per heavy atom. The summed E-state index contributed by atoms with van der Waals surface area (Å²) in [7, 11) is 0. The Labute approximate surface area is 173 Å². The lowest BCUT2D eigenvalue weighted by Gasteiger charge is -2.06. The Hall–Kier alpha value is -0.890. The second kappa shape index (κ2) is 17.2. The van der Waals surface area contributed by atoms with Gasteiger partial charge in [0.05, 0.1) is 0 Å². The molecule has 0 unspecified atom stereocenters. The lowest BCUT2D eigenvalue weighted by Crippen LogP contribution is -1.86. The van der Waals surface area contributed by atoms with Crippen molar-refractivity contribution in [3.05, 3.63) is 36.4 Å². The summed E-state index contributed by atoms with van der Waals surface area (Å²) >= 11 is 1.91. The van der Waals surface area contributed by atoms with E-state index in [0.717, 1.165) is 12.0 Å². The summed E-state index contributed by atoms with van der Waals surface area (Å²) in [6.07, 6.45) is 22.3. The summed E-state index contributed by atoms with van der Waals surface area (Å²) in [4.78, 5) is 1.26. The SMILES string of the molecule is C=CCc1cc(SCCCCCCCCCCCCCCCC)ccc1O. The fourth-order valence-electron chi connectivity index (χ4n) is 3.46. The average molecular weight is 391 g/mol. The minimum absolute atomic E-state index is 0.385. The van der Waals surface area contributed by atoms with Crippen molar-refractivity contribution in [1.29, 1.82) is 0 Å². The molecule has 1 aromatic carbocycles. The molecule has 0 heterocycles. The molecule has 0 bridgehead atoms. The molecule has 0 saturated heterocycles. The Kier molecular flexibility index (Phi) is 15.4. The molecule has 0 fully saturated rings. The van der Waals surface area contributed by atoms with Gasteiger partial charge in [0.1, 0.15) is 5.75 Å². The van der Waals surface area contributed by atoms with Gasteiger partial charge in [0.2, 0.25) is 0 Å². The first kappa shape index (κ1) is 24.1. The highest BCUT2D eigenvalue weighted by atomic mass is 32.2. The van der Waals surface area contributed by atoms with Gasteiger partial charge in [-0.3, -0.25) is 0 Å². The summed E-state index contributed by atoms with van der Waals surface area (Å²) < 4.78 is 0. The normalized spacial score (nSPS) is 11.0. The van der Waals surface area contributed by atoms with E-state index in [1.54, 1.807) is 0 Å². The van der Waals surface area contributed by atoms with Crippen LogP contribution < -0.4 is 0 Å². The van der Waals surface area contributed by atoms with Crippen LogP contribution in [0.5, 0.6) is 5.75 Å². The van der Waals surface area contributed by atoms with Crippen LogP contribution in [0, 0.1) is 0 Å². The number of unbranched alkanes of at least 4 members (excludes halogenated alkanes) is 13. The minimum atomic E-state index is 0.385. The van der Waals surface area contributed by atoms with Gasteiger partial charge in [-0.1, -0.05) is 96.5 Å². The van der Waals surface area contributed by atoms with E-state index in [0.29, 0.717) is 5.75 Å². The van der Waals surface area contributed by atoms with Gasteiger partial charge in [-0.25, -0.2) is 0 Å². The number of benzene rings is 1. The van der Waals surface area contributed by atoms with Crippen LogP contribution in [0.1, 0.15) is 102 Å². The largest absolute Gasteiger partial charge is 0.508 e. The summed E-state index contributed by atoms with van der Waals surface area (Å²) in [6.45, 7) is 6.04. The highest BCUT2D eigenvalue weighted by Crippen LogP contribution is 2.26. The molecular weight excluding hydrogens is 348 g/mol. The van der Waals surface area contributed by atoms with E-state index >= 15 is 0 Å². The number of rotatable bonds is 18. The van der Waals surface area contributed by atoms with Gasteiger partial charge >= 0.3 is 0 Å². The van der Waals surface area contributed by atoms with E-state index in [-0.39, 0.29) is 0 Å². The Morgan fingerprint density at radius 3 is 1.85 bits per heavy atom. The number of phenolic OH excluding ortho intramolecular Hbond substituents is 1. The zero-order chi connectivity index (χ0) is 19.6. The van der Waals surface area contributed by atoms with Crippen molar-refractivity contribution in [3.63, 3.8) is 0 Å². The molecule has 0 saturated carbocycles. The van der Waals surface area contributed by atoms with Gasteiger partial charge in [0.15, 0.2) is 0 Å². The number of phenols is 1. The van der Waals surface area contributed by atoms with Gasteiger partial charge in [-0.05, 0) is 42.4 Å². The zero-order valence-electron chi connectivity index (χ0n) is 17.7. The highest BCUT2D eigenvalue weighted by Gasteiger charge is 2.02. The van der Waals surface area contributed by atoms with Crippen LogP contribution in [0.15, 0.2) is 35.7 Å². The Morgan fingerprint density at radius 2 is 1.33 bits per heavy atom. The van der Waals surface area contributed by atoms with Gasteiger partial charge in [0.25, 0.3) is 0 Å². The fourth-order valence-corrected chi connectivity index (χ4v) is 4.43. The highest BCUT2D eigenvalue weighted by molar-refractivity contribution is 7.99. The van der Waals surface area contributed by atoms with Crippen molar-refractivity contribution in [2.24, 2.45) is 0 Å². The summed E-state index contributed by atoms with van der Waals surface area (Å²) in [6, 6.07) is 5.94. The number of hydrogen-bond donors (Lipinski definition) is 1. The molecule has 1 N–H and O–H groups in total. The second-order valence-electron chi connectivity index (χ2n) is 7.73. The average Bonchev–Trinajstić information content (AvgIpc) is 2.67. The standard InChI is InChI=1S/C25H42OS/c1-3-5-6-7-8-9-10-11-12-13-14-15-16-17-21-27-24-19-20-25(26)23(22-24)18-4-2/h4,19-20,22,26H,2-3,5-18,21H2,1H3. The molecular formula is C25H42OS. The smallest absolute Gasteiger partial charge is 0.119 e. The lowest BCUT2D eigenvalue weighted by molar-refractivity contribution is 0.469.